The minimum absolute atomic E-state index is 0. The van der Waals surface area contributed by atoms with Gasteiger partial charge >= 0.3 is 0 Å². The minimum Gasteiger partial charge on any atom is -0.384 e. The first-order valence-electron chi connectivity index (χ1n) is 4.71. The number of nitrogen functional groups attached to an aromatic ring is 1. The van der Waals surface area contributed by atoms with Gasteiger partial charge in [-0.05, 0) is 26.0 Å². The molecule has 0 aliphatic heterocycles. The van der Waals surface area contributed by atoms with E-state index < -0.39 is 0 Å². The van der Waals surface area contributed by atoms with Gasteiger partial charge in [-0.2, -0.15) is 0 Å². The highest BCUT2D eigenvalue weighted by Crippen LogP contribution is 2.06. The zero-order chi connectivity index (χ0) is 11.3. The number of rotatable bonds is 4. The molecule has 0 fully saturated rings. The maximum atomic E-state index is 11.3. The Bertz CT molecular complexity index is 327. The fourth-order valence-electron chi connectivity index (χ4n) is 0.919. The van der Waals surface area contributed by atoms with Crippen molar-refractivity contribution in [1.29, 1.82) is 0 Å². The molecule has 3 N–H and O–H groups in total. The van der Waals surface area contributed by atoms with Gasteiger partial charge in [0.1, 0.15) is 12.4 Å². The van der Waals surface area contributed by atoms with Crippen LogP contribution in [0.2, 0.25) is 0 Å². The highest BCUT2D eigenvalue weighted by atomic mass is 35.5. The van der Waals surface area contributed by atoms with E-state index in [9.17, 15) is 4.79 Å². The number of halogens is 1. The Kier molecular flexibility index (Phi) is 6.44. The van der Waals surface area contributed by atoms with E-state index in [2.05, 4.69) is 10.3 Å². The molecule has 1 rings (SSSR count). The second-order valence-corrected chi connectivity index (χ2v) is 3.38. The number of pyridine rings is 1. The molecule has 0 radical (unpaired) electrons. The molecule has 0 spiro atoms. The van der Waals surface area contributed by atoms with Crippen molar-refractivity contribution < 1.29 is 9.53 Å². The van der Waals surface area contributed by atoms with Crippen LogP contribution in [0.25, 0.3) is 0 Å². The van der Waals surface area contributed by atoms with Gasteiger partial charge in [0, 0.05) is 0 Å². The largest absolute Gasteiger partial charge is 0.384 e. The molecule has 0 aliphatic carbocycles. The summed E-state index contributed by atoms with van der Waals surface area (Å²) in [5.41, 5.74) is 6.02. The molecule has 0 saturated carbocycles. The van der Waals surface area contributed by atoms with E-state index in [-0.39, 0.29) is 31.0 Å². The molecule has 0 atom stereocenters. The van der Waals surface area contributed by atoms with E-state index in [1.54, 1.807) is 12.1 Å². The molecule has 5 nitrogen and oxygen atoms in total. The lowest BCUT2D eigenvalue weighted by Gasteiger charge is -2.08. The minimum atomic E-state index is -0.199. The van der Waals surface area contributed by atoms with Crippen molar-refractivity contribution in [3.05, 3.63) is 18.3 Å². The number of nitrogens with two attached hydrogens (primary N) is 1. The molecule has 90 valence electrons. The van der Waals surface area contributed by atoms with Crippen molar-refractivity contribution in [1.82, 2.24) is 4.98 Å². The Morgan fingerprint density at radius 1 is 1.56 bits per heavy atom. The maximum absolute atomic E-state index is 11.3. The Labute approximate surface area is 101 Å². The molecule has 1 heterocycles. The van der Waals surface area contributed by atoms with Gasteiger partial charge in [0.15, 0.2) is 0 Å². The molecular weight excluding hydrogens is 230 g/mol. The van der Waals surface area contributed by atoms with Gasteiger partial charge in [-0.3, -0.25) is 4.79 Å². The molecule has 1 amide bonds. The number of nitrogens with one attached hydrogen (secondary N) is 1. The van der Waals surface area contributed by atoms with Crippen LogP contribution in [0.1, 0.15) is 13.8 Å². The van der Waals surface area contributed by atoms with Crippen LogP contribution in [0.5, 0.6) is 0 Å². The van der Waals surface area contributed by atoms with E-state index in [0.29, 0.717) is 11.5 Å². The van der Waals surface area contributed by atoms with Crippen LogP contribution in [-0.2, 0) is 9.53 Å². The molecular formula is C10H16ClN3O2. The van der Waals surface area contributed by atoms with Gasteiger partial charge in [0.25, 0.3) is 0 Å². The first-order valence-corrected chi connectivity index (χ1v) is 4.71. The van der Waals surface area contributed by atoms with E-state index in [4.69, 9.17) is 10.5 Å². The van der Waals surface area contributed by atoms with Gasteiger partial charge in [-0.1, -0.05) is 0 Å². The van der Waals surface area contributed by atoms with Crippen LogP contribution in [0.4, 0.5) is 11.5 Å². The average Bonchev–Trinajstić information content (AvgIpc) is 2.19. The molecule has 1 aromatic rings. The molecule has 6 heteroatoms. The van der Waals surface area contributed by atoms with Crippen LogP contribution in [0.15, 0.2) is 18.3 Å². The molecule has 0 saturated heterocycles. The molecule has 1 aromatic heterocycles. The van der Waals surface area contributed by atoms with E-state index in [0.717, 1.165) is 0 Å². The van der Waals surface area contributed by atoms with Crippen LogP contribution >= 0.6 is 12.4 Å². The zero-order valence-electron chi connectivity index (χ0n) is 9.27. The summed E-state index contributed by atoms with van der Waals surface area (Å²) in [6, 6.07) is 3.31. The van der Waals surface area contributed by atoms with Crippen molar-refractivity contribution >= 4 is 29.8 Å². The number of hydrogen-bond donors (Lipinski definition) is 2. The zero-order valence-corrected chi connectivity index (χ0v) is 10.1. The van der Waals surface area contributed by atoms with Gasteiger partial charge in [-0.15, -0.1) is 12.4 Å². The van der Waals surface area contributed by atoms with Crippen molar-refractivity contribution in [2.45, 2.75) is 20.0 Å². The third kappa shape index (κ3) is 5.53. The summed E-state index contributed by atoms with van der Waals surface area (Å²) >= 11 is 0. The van der Waals surface area contributed by atoms with Gasteiger partial charge in [0.2, 0.25) is 5.91 Å². The molecule has 0 aliphatic rings. The third-order valence-electron chi connectivity index (χ3n) is 1.62. The summed E-state index contributed by atoms with van der Waals surface area (Å²) in [6.45, 7) is 3.79. The second-order valence-electron chi connectivity index (χ2n) is 3.38. The lowest BCUT2D eigenvalue weighted by Crippen LogP contribution is -2.20. The topological polar surface area (TPSA) is 77.2 Å². The fourth-order valence-corrected chi connectivity index (χ4v) is 0.919. The summed E-state index contributed by atoms with van der Waals surface area (Å²) < 4.78 is 5.14. The Morgan fingerprint density at radius 3 is 2.75 bits per heavy atom. The maximum Gasteiger partial charge on any atom is 0.250 e. The highest BCUT2D eigenvalue weighted by molar-refractivity contribution is 5.91. The Hall–Kier alpha value is -1.33. The van der Waals surface area contributed by atoms with Gasteiger partial charge in [-0.25, -0.2) is 4.98 Å². The highest BCUT2D eigenvalue weighted by Gasteiger charge is 2.03. The van der Waals surface area contributed by atoms with Gasteiger partial charge < -0.3 is 15.8 Å². The number of amides is 1. The fraction of sp³-hybridized carbons (Fsp3) is 0.400. The number of nitrogens with zero attached hydrogens (tertiary/aromatic N) is 1. The standard InChI is InChI=1S/C10H15N3O2.ClH/c1-7(2)15-6-10(14)13-8-3-4-9(11)12-5-8;/h3-5,7H,6H2,1-2H3,(H2,11,12)(H,13,14);1H. The molecule has 16 heavy (non-hydrogen) atoms. The van der Waals surface area contributed by atoms with E-state index in [1.165, 1.54) is 6.20 Å². The second kappa shape index (κ2) is 7.03. The van der Waals surface area contributed by atoms with Crippen molar-refractivity contribution in [3.8, 4) is 0 Å². The number of carbonyl (C=O) groups is 1. The van der Waals surface area contributed by atoms with Crippen molar-refractivity contribution in [2.24, 2.45) is 0 Å². The summed E-state index contributed by atoms with van der Waals surface area (Å²) in [5.74, 6) is 0.224. The summed E-state index contributed by atoms with van der Waals surface area (Å²) in [6.07, 6.45) is 1.54. The van der Waals surface area contributed by atoms with Crippen LogP contribution < -0.4 is 11.1 Å². The average molecular weight is 246 g/mol. The monoisotopic (exact) mass is 245 g/mol. The van der Waals surface area contributed by atoms with Crippen LogP contribution in [0.3, 0.4) is 0 Å². The first kappa shape index (κ1) is 14.7. The van der Waals surface area contributed by atoms with Gasteiger partial charge in [0.05, 0.1) is 18.0 Å². The van der Waals surface area contributed by atoms with E-state index in [1.807, 2.05) is 13.8 Å². The number of hydrogen-bond acceptors (Lipinski definition) is 4. The lowest BCUT2D eigenvalue weighted by molar-refractivity contribution is -0.121. The number of anilines is 2. The van der Waals surface area contributed by atoms with Crippen molar-refractivity contribution in [3.63, 3.8) is 0 Å². The predicted molar refractivity (Wildman–Crippen MR) is 65.6 cm³/mol. The smallest absolute Gasteiger partial charge is 0.250 e. The Morgan fingerprint density at radius 2 is 2.25 bits per heavy atom. The molecule has 0 bridgehead atoms. The lowest BCUT2D eigenvalue weighted by atomic mass is 10.4. The third-order valence-corrected chi connectivity index (χ3v) is 1.62. The normalized spacial score (nSPS) is 9.69. The Balaban J connectivity index is 0.00000225. The first-order chi connectivity index (χ1) is 7.08. The number of carbonyl (C=O) groups excluding carboxylic acids is 1. The quantitative estimate of drug-likeness (QED) is 0.842. The summed E-state index contributed by atoms with van der Waals surface area (Å²) in [7, 11) is 0. The van der Waals surface area contributed by atoms with Crippen molar-refractivity contribution in [2.75, 3.05) is 17.7 Å². The van der Waals surface area contributed by atoms with Crippen LogP contribution in [-0.4, -0.2) is 23.6 Å². The van der Waals surface area contributed by atoms with E-state index >= 15 is 0 Å². The van der Waals surface area contributed by atoms with Crippen LogP contribution in [0, 0.1) is 0 Å². The molecule has 0 aromatic carbocycles. The molecule has 0 unspecified atom stereocenters. The summed E-state index contributed by atoms with van der Waals surface area (Å²) in [4.78, 5) is 15.2. The SMILES string of the molecule is CC(C)OCC(=O)Nc1ccc(N)nc1.Cl. The number of aromatic nitrogens is 1. The predicted octanol–water partition coefficient (Wildman–Crippen LogP) is 1.45. The number of ether oxygens (including phenoxy) is 1. The summed E-state index contributed by atoms with van der Waals surface area (Å²) in [5, 5.41) is 2.64.